The minimum absolute atomic E-state index is 0.0769. The molecular formula is C17H15NO2S. The Bertz CT molecular complexity index is 692. The molecule has 0 aliphatic heterocycles. The summed E-state index contributed by atoms with van der Waals surface area (Å²) >= 11 is 1.69. The highest BCUT2D eigenvalue weighted by Gasteiger charge is 2.06. The van der Waals surface area contributed by atoms with Crippen LogP contribution in [0.3, 0.4) is 0 Å². The number of aliphatic hydroxyl groups excluding tert-OH is 1. The fourth-order valence-corrected chi connectivity index (χ4v) is 2.75. The molecule has 1 heterocycles. The van der Waals surface area contributed by atoms with Crippen molar-refractivity contribution in [3.05, 3.63) is 72.0 Å². The van der Waals surface area contributed by atoms with E-state index in [-0.39, 0.29) is 6.61 Å². The maximum Gasteiger partial charge on any atom is 0.147 e. The lowest BCUT2D eigenvalue weighted by atomic mass is 10.1. The van der Waals surface area contributed by atoms with Crippen molar-refractivity contribution in [3.63, 3.8) is 0 Å². The van der Waals surface area contributed by atoms with E-state index in [4.69, 9.17) is 9.63 Å². The van der Waals surface area contributed by atoms with E-state index in [2.05, 4.69) is 5.16 Å². The molecule has 4 heteroatoms. The fourth-order valence-electron chi connectivity index (χ4n) is 1.97. The van der Waals surface area contributed by atoms with Gasteiger partial charge >= 0.3 is 0 Å². The van der Waals surface area contributed by atoms with Crippen LogP contribution in [0.5, 0.6) is 0 Å². The Morgan fingerprint density at radius 3 is 2.48 bits per heavy atom. The monoisotopic (exact) mass is 297 g/mol. The lowest BCUT2D eigenvalue weighted by molar-refractivity contribution is 0.282. The van der Waals surface area contributed by atoms with Crippen molar-refractivity contribution in [1.29, 1.82) is 0 Å². The molecule has 0 unspecified atom stereocenters. The number of rotatable bonds is 5. The second-order valence-corrected chi connectivity index (χ2v) is 5.68. The Morgan fingerprint density at radius 2 is 1.76 bits per heavy atom. The van der Waals surface area contributed by atoms with E-state index in [1.165, 1.54) is 0 Å². The van der Waals surface area contributed by atoms with Gasteiger partial charge in [0.25, 0.3) is 0 Å². The molecule has 3 rings (SSSR count). The number of aromatic nitrogens is 1. The van der Waals surface area contributed by atoms with Gasteiger partial charge in [-0.1, -0.05) is 47.6 Å². The third-order valence-corrected chi connectivity index (χ3v) is 4.15. The molecule has 3 aromatic rings. The highest BCUT2D eigenvalue weighted by Crippen LogP contribution is 2.26. The summed E-state index contributed by atoms with van der Waals surface area (Å²) < 4.78 is 5.37. The molecule has 2 aromatic carbocycles. The zero-order valence-electron chi connectivity index (χ0n) is 11.4. The third kappa shape index (κ3) is 3.54. The highest BCUT2D eigenvalue weighted by atomic mass is 32.2. The minimum Gasteiger partial charge on any atom is -0.392 e. The summed E-state index contributed by atoms with van der Waals surface area (Å²) in [6.45, 7) is 0.0769. The highest BCUT2D eigenvalue weighted by molar-refractivity contribution is 7.98. The van der Waals surface area contributed by atoms with Crippen molar-refractivity contribution in [2.45, 2.75) is 17.3 Å². The van der Waals surface area contributed by atoms with Gasteiger partial charge in [-0.3, -0.25) is 0 Å². The molecule has 106 valence electrons. The van der Waals surface area contributed by atoms with Crippen LogP contribution in [-0.4, -0.2) is 10.3 Å². The van der Waals surface area contributed by atoms with Crippen LogP contribution in [0.25, 0.3) is 11.3 Å². The van der Waals surface area contributed by atoms with Gasteiger partial charge in [-0.2, -0.15) is 0 Å². The van der Waals surface area contributed by atoms with E-state index in [1.807, 2.05) is 60.7 Å². The number of hydrogen-bond acceptors (Lipinski definition) is 4. The van der Waals surface area contributed by atoms with Gasteiger partial charge in [0.05, 0.1) is 12.4 Å². The molecule has 0 atom stereocenters. The van der Waals surface area contributed by atoms with Crippen LogP contribution >= 0.6 is 11.8 Å². The summed E-state index contributed by atoms with van der Waals surface area (Å²) in [5, 5.41) is 13.1. The first-order valence-electron chi connectivity index (χ1n) is 6.69. The van der Waals surface area contributed by atoms with Crippen LogP contribution in [0.1, 0.15) is 11.3 Å². The van der Waals surface area contributed by atoms with Crippen LogP contribution in [0.15, 0.2) is 70.1 Å². The third-order valence-electron chi connectivity index (χ3n) is 3.12. The van der Waals surface area contributed by atoms with Crippen molar-refractivity contribution >= 4 is 11.8 Å². The number of benzene rings is 2. The molecule has 21 heavy (non-hydrogen) atoms. The largest absolute Gasteiger partial charge is 0.392 e. The number of nitrogens with zero attached hydrogens (tertiary/aromatic N) is 1. The van der Waals surface area contributed by atoms with Crippen molar-refractivity contribution in [2.24, 2.45) is 0 Å². The molecular weight excluding hydrogens is 282 g/mol. The second kappa shape index (κ2) is 6.61. The number of hydrogen-bond donors (Lipinski definition) is 1. The summed E-state index contributed by atoms with van der Waals surface area (Å²) in [6, 6.07) is 19.8. The van der Waals surface area contributed by atoms with Gasteiger partial charge < -0.3 is 9.63 Å². The molecule has 0 spiro atoms. The first kappa shape index (κ1) is 13.9. The van der Waals surface area contributed by atoms with Gasteiger partial charge in [-0.25, -0.2) is 0 Å². The SMILES string of the molecule is OCc1ccc(SCc2cc(-c3ccccc3)no2)cc1. The van der Waals surface area contributed by atoms with Crippen LogP contribution in [-0.2, 0) is 12.4 Å². The molecule has 1 aromatic heterocycles. The quantitative estimate of drug-likeness (QED) is 0.719. The average molecular weight is 297 g/mol. The molecule has 3 nitrogen and oxygen atoms in total. The Labute approximate surface area is 127 Å². The topological polar surface area (TPSA) is 46.3 Å². The van der Waals surface area contributed by atoms with Crippen LogP contribution < -0.4 is 0 Å². The molecule has 0 amide bonds. The van der Waals surface area contributed by atoms with E-state index < -0.39 is 0 Å². The van der Waals surface area contributed by atoms with Gasteiger partial charge in [0.1, 0.15) is 11.5 Å². The predicted octanol–water partition coefficient (Wildman–Crippen LogP) is 4.13. The smallest absolute Gasteiger partial charge is 0.147 e. The summed E-state index contributed by atoms with van der Waals surface area (Å²) in [7, 11) is 0. The summed E-state index contributed by atoms with van der Waals surface area (Å²) in [5.74, 6) is 1.59. The molecule has 0 radical (unpaired) electrons. The Hall–Kier alpha value is -2.04. The van der Waals surface area contributed by atoms with E-state index in [0.717, 1.165) is 33.2 Å². The first-order chi connectivity index (χ1) is 10.3. The average Bonchev–Trinajstić information content (AvgIpc) is 3.03. The Morgan fingerprint density at radius 1 is 1.00 bits per heavy atom. The fraction of sp³-hybridized carbons (Fsp3) is 0.118. The Kier molecular flexibility index (Phi) is 4.38. The summed E-state index contributed by atoms with van der Waals surface area (Å²) in [4.78, 5) is 1.14. The van der Waals surface area contributed by atoms with Crippen molar-refractivity contribution in [2.75, 3.05) is 0 Å². The van der Waals surface area contributed by atoms with Gasteiger partial charge in [-0.05, 0) is 17.7 Å². The molecule has 0 saturated heterocycles. The molecule has 0 saturated carbocycles. The van der Waals surface area contributed by atoms with Gasteiger partial charge in [0.2, 0.25) is 0 Å². The lowest BCUT2D eigenvalue weighted by Crippen LogP contribution is -1.82. The molecule has 0 aliphatic carbocycles. The van der Waals surface area contributed by atoms with Crippen LogP contribution in [0.2, 0.25) is 0 Å². The number of thioether (sulfide) groups is 1. The molecule has 0 fully saturated rings. The molecule has 0 aliphatic rings. The molecule has 0 bridgehead atoms. The maximum absolute atomic E-state index is 9.02. The molecule has 1 N–H and O–H groups in total. The second-order valence-electron chi connectivity index (χ2n) is 4.64. The predicted molar refractivity (Wildman–Crippen MR) is 83.9 cm³/mol. The summed E-state index contributed by atoms with van der Waals surface area (Å²) in [6.07, 6.45) is 0. The van der Waals surface area contributed by atoms with E-state index in [1.54, 1.807) is 11.8 Å². The van der Waals surface area contributed by atoms with Crippen molar-refractivity contribution < 1.29 is 9.63 Å². The van der Waals surface area contributed by atoms with E-state index in [0.29, 0.717) is 0 Å². The Balaban J connectivity index is 1.64. The zero-order valence-corrected chi connectivity index (χ0v) is 12.2. The van der Waals surface area contributed by atoms with Crippen molar-refractivity contribution in [3.8, 4) is 11.3 Å². The van der Waals surface area contributed by atoms with Gasteiger partial charge in [0, 0.05) is 16.5 Å². The van der Waals surface area contributed by atoms with E-state index in [9.17, 15) is 0 Å². The minimum atomic E-state index is 0.0769. The maximum atomic E-state index is 9.02. The zero-order chi connectivity index (χ0) is 14.5. The number of aliphatic hydroxyl groups is 1. The van der Waals surface area contributed by atoms with Gasteiger partial charge in [-0.15, -0.1) is 11.8 Å². The van der Waals surface area contributed by atoms with Gasteiger partial charge in [0.15, 0.2) is 0 Å². The van der Waals surface area contributed by atoms with Crippen LogP contribution in [0.4, 0.5) is 0 Å². The standard InChI is InChI=1S/C17H15NO2S/c19-11-13-6-8-16(9-7-13)21-12-15-10-17(18-20-15)14-4-2-1-3-5-14/h1-10,19H,11-12H2. The van der Waals surface area contributed by atoms with E-state index >= 15 is 0 Å². The van der Waals surface area contributed by atoms with Crippen LogP contribution in [0, 0.1) is 0 Å². The lowest BCUT2D eigenvalue weighted by Gasteiger charge is -2.00. The first-order valence-corrected chi connectivity index (χ1v) is 7.67. The normalized spacial score (nSPS) is 10.7. The summed E-state index contributed by atoms with van der Waals surface area (Å²) in [5.41, 5.74) is 2.84. The van der Waals surface area contributed by atoms with Crippen molar-refractivity contribution in [1.82, 2.24) is 5.16 Å².